The Bertz CT molecular complexity index is 395. The average molecular weight is 258 g/mol. The van der Waals surface area contributed by atoms with E-state index in [1.807, 2.05) is 23.1 Å². The van der Waals surface area contributed by atoms with E-state index in [1.54, 1.807) is 0 Å². The number of amides is 1. The SMILES string of the molecule is O=CN1CCCC(c2ccc(Cl)c(Cl)c2)C1. The third kappa shape index (κ3) is 2.50. The van der Waals surface area contributed by atoms with Crippen molar-refractivity contribution in [3.63, 3.8) is 0 Å². The molecule has 1 aromatic rings. The van der Waals surface area contributed by atoms with E-state index in [0.29, 0.717) is 16.0 Å². The lowest BCUT2D eigenvalue weighted by Gasteiger charge is -2.30. The topological polar surface area (TPSA) is 20.3 Å². The van der Waals surface area contributed by atoms with Gasteiger partial charge in [-0.1, -0.05) is 29.3 Å². The number of rotatable bonds is 2. The van der Waals surface area contributed by atoms with Crippen LogP contribution in [0.25, 0.3) is 0 Å². The second-order valence-corrected chi connectivity index (χ2v) is 4.93. The number of carbonyl (C=O) groups is 1. The van der Waals surface area contributed by atoms with E-state index in [-0.39, 0.29) is 0 Å². The van der Waals surface area contributed by atoms with Crippen molar-refractivity contribution in [3.05, 3.63) is 33.8 Å². The van der Waals surface area contributed by atoms with Crippen molar-refractivity contribution < 1.29 is 4.79 Å². The minimum absolute atomic E-state index is 0.383. The van der Waals surface area contributed by atoms with Crippen molar-refractivity contribution in [2.24, 2.45) is 0 Å². The van der Waals surface area contributed by atoms with Crippen LogP contribution in [-0.2, 0) is 4.79 Å². The van der Waals surface area contributed by atoms with Gasteiger partial charge >= 0.3 is 0 Å². The summed E-state index contributed by atoms with van der Waals surface area (Å²) in [4.78, 5) is 12.6. The van der Waals surface area contributed by atoms with Gasteiger partial charge in [0, 0.05) is 19.0 Å². The van der Waals surface area contributed by atoms with Crippen LogP contribution in [-0.4, -0.2) is 24.4 Å². The summed E-state index contributed by atoms with van der Waals surface area (Å²) >= 11 is 11.9. The third-order valence-corrected chi connectivity index (χ3v) is 3.76. The Kier molecular flexibility index (Phi) is 3.72. The first kappa shape index (κ1) is 11.7. The molecular formula is C12H13Cl2NO. The molecule has 1 aromatic carbocycles. The second-order valence-electron chi connectivity index (χ2n) is 4.11. The molecule has 2 nitrogen and oxygen atoms in total. The molecule has 0 spiro atoms. The zero-order valence-corrected chi connectivity index (χ0v) is 10.3. The van der Waals surface area contributed by atoms with Gasteiger partial charge in [0.25, 0.3) is 0 Å². The largest absolute Gasteiger partial charge is 0.345 e. The van der Waals surface area contributed by atoms with Gasteiger partial charge in [0.1, 0.15) is 0 Å². The fraction of sp³-hybridized carbons (Fsp3) is 0.417. The lowest BCUT2D eigenvalue weighted by molar-refractivity contribution is -0.119. The van der Waals surface area contributed by atoms with E-state index in [2.05, 4.69) is 0 Å². The van der Waals surface area contributed by atoms with E-state index in [4.69, 9.17) is 23.2 Å². The predicted molar refractivity (Wildman–Crippen MR) is 66.1 cm³/mol. The van der Waals surface area contributed by atoms with Gasteiger partial charge in [0.2, 0.25) is 6.41 Å². The Morgan fingerprint density at radius 2 is 2.12 bits per heavy atom. The van der Waals surface area contributed by atoms with E-state index in [9.17, 15) is 4.79 Å². The Balaban J connectivity index is 2.16. The number of hydrogen-bond acceptors (Lipinski definition) is 1. The lowest BCUT2D eigenvalue weighted by Crippen LogP contribution is -2.33. The highest BCUT2D eigenvalue weighted by Crippen LogP contribution is 2.31. The van der Waals surface area contributed by atoms with Gasteiger partial charge in [-0.15, -0.1) is 0 Å². The standard InChI is InChI=1S/C12H13Cl2NO/c13-11-4-3-9(6-12(11)14)10-2-1-5-15(7-10)8-16/h3-4,6,8,10H,1-2,5,7H2. The van der Waals surface area contributed by atoms with Crippen LogP contribution in [0.4, 0.5) is 0 Å². The van der Waals surface area contributed by atoms with Crippen molar-refractivity contribution in [1.82, 2.24) is 4.90 Å². The summed E-state index contributed by atoms with van der Waals surface area (Å²) < 4.78 is 0. The van der Waals surface area contributed by atoms with Gasteiger partial charge in [-0.2, -0.15) is 0 Å². The maximum atomic E-state index is 10.7. The first-order valence-electron chi connectivity index (χ1n) is 5.35. The molecule has 1 amide bonds. The fourth-order valence-electron chi connectivity index (χ4n) is 2.14. The molecule has 2 rings (SSSR count). The van der Waals surface area contributed by atoms with Gasteiger partial charge in [-0.25, -0.2) is 0 Å². The van der Waals surface area contributed by atoms with Crippen LogP contribution in [0.5, 0.6) is 0 Å². The van der Waals surface area contributed by atoms with Gasteiger partial charge in [-0.05, 0) is 30.5 Å². The Morgan fingerprint density at radius 1 is 1.31 bits per heavy atom. The molecule has 0 aromatic heterocycles. The molecule has 0 saturated carbocycles. The summed E-state index contributed by atoms with van der Waals surface area (Å²) in [6.07, 6.45) is 3.07. The normalized spacial score (nSPS) is 20.9. The minimum atomic E-state index is 0.383. The Hall–Kier alpha value is -0.730. The number of nitrogens with zero attached hydrogens (tertiary/aromatic N) is 1. The lowest BCUT2D eigenvalue weighted by atomic mass is 9.91. The quantitative estimate of drug-likeness (QED) is 0.745. The van der Waals surface area contributed by atoms with Crippen LogP contribution in [0.2, 0.25) is 10.0 Å². The van der Waals surface area contributed by atoms with Gasteiger partial charge in [-0.3, -0.25) is 4.79 Å². The van der Waals surface area contributed by atoms with E-state index >= 15 is 0 Å². The first-order valence-corrected chi connectivity index (χ1v) is 6.10. The number of carbonyl (C=O) groups excluding carboxylic acids is 1. The third-order valence-electron chi connectivity index (χ3n) is 3.02. The van der Waals surface area contributed by atoms with Crippen LogP contribution >= 0.6 is 23.2 Å². The second kappa shape index (κ2) is 5.07. The van der Waals surface area contributed by atoms with Crippen molar-refractivity contribution in [2.75, 3.05) is 13.1 Å². The maximum absolute atomic E-state index is 10.7. The summed E-state index contributed by atoms with van der Waals surface area (Å²) in [5, 5.41) is 1.16. The highest BCUT2D eigenvalue weighted by molar-refractivity contribution is 6.42. The smallest absolute Gasteiger partial charge is 0.209 e. The average Bonchev–Trinajstić information content (AvgIpc) is 2.33. The molecule has 1 fully saturated rings. The van der Waals surface area contributed by atoms with E-state index in [0.717, 1.165) is 32.3 Å². The minimum Gasteiger partial charge on any atom is -0.345 e. The number of hydrogen-bond donors (Lipinski definition) is 0. The van der Waals surface area contributed by atoms with Crippen molar-refractivity contribution >= 4 is 29.6 Å². The molecule has 1 atom stereocenters. The molecule has 0 N–H and O–H groups in total. The van der Waals surface area contributed by atoms with Gasteiger partial charge in [0.05, 0.1) is 10.0 Å². The van der Waals surface area contributed by atoms with E-state index < -0.39 is 0 Å². The zero-order valence-electron chi connectivity index (χ0n) is 8.83. The van der Waals surface area contributed by atoms with Crippen LogP contribution in [0.3, 0.4) is 0 Å². The Morgan fingerprint density at radius 3 is 2.81 bits per heavy atom. The van der Waals surface area contributed by atoms with Gasteiger partial charge < -0.3 is 4.90 Å². The molecule has 1 heterocycles. The number of piperidine rings is 1. The monoisotopic (exact) mass is 257 g/mol. The van der Waals surface area contributed by atoms with Crippen molar-refractivity contribution in [2.45, 2.75) is 18.8 Å². The fourth-order valence-corrected chi connectivity index (χ4v) is 2.45. The molecule has 0 bridgehead atoms. The number of benzene rings is 1. The van der Waals surface area contributed by atoms with Crippen molar-refractivity contribution in [1.29, 1.82) is 0 Å². The predicted octanol–water partition coefficient (Wildman–Crippen LogP) is 3.33. The molecule has 1 aliphatic rings. The summed E-state index contributed by atoms with van der Waals surface area (Å²) in [6.45, 7) is 1.64. The highest BCUT2D eigenvalue weighted by Gasteiger charge is 2.20. The van der Waals surface area contributed by atoms with Gasteiger partial charge in [0.15, 0.2) is 0 Å². The van der Waals surface area contributed by atoms with Crippen LogP contribution in [0.15, 0.2) is 18.2 Å². The number of halogens is 2. The molecule has 1 unspecified atom stereocenters. The van der Waals surface area contributed by atoms with Crippen LogP contribution in [0, 0.1) is 0 Å². The summed E-state index contributed by atoms with van der Waals surface area (Å²) in [6, 6.07) is 5.72. The first-order chi connectivity index (χ1) is 7.70. The highest BCUT2D eigenvalue weighted by atomic mass is 35.5. The molecule has 1 saturated heterocycles. The summed E-state index contributed by atoms with van der Waals surface area (Å²) in [7, 11) is 0. The van der Waals surface area contributed by atoms with E-state index in [1.165, 1.54) is 5.56 Å². The van der Waals surface area contributed by atoms with Crippen molar-refractivity contribution in [3.8, 4) is 0 Å². The molecule has 86 valence electrons. The molecule has 0 aliphatic carbocycles. The summed E-state index contributed by atoms with van der Waals surface area (Å²) in [5.41, 5.74) is 1.17. The zero-order chi connectivity index (χ0) is 11.5. The Labute approximate surface area is 105 Å². The van der Waals surface area contributed by atoms with Crippen LogP contribution in [0.1, 0.15) is 24.3 Å². The molecule has 16 heavy (non-hydrogen) atoms. The number of likely N-dealkylation sites (tertiary alicyclic amines) is 1. The molecule has 0 radical (unpaired) electrons. The molecule has 4 heteroatoms. The molecule has 1 aliphatic heterocycles. The summed E-state index contributed by atoms with van der Waals surface area (Å²) in [5.74, 6) is 0.383. The van der Waals surface area contributed by atoms with Crippen LogP contribution < -0.4 is 0 Å². The maximum Gasteiger partial charge on any atom is 0.209 e. The molecular weight excluding hydrogens is 245 g/mol.